The topological polar surface area (TPSA) is 26.0 Å². The molecule has 9 atom stereocenters. The van der Waals surface area contributed by atoms with Crippen LogP contribution in [0.4, 0.5) is 0 Å². The van der Waals surface area contributed by atoms with E-state index in [1.54, 1.807) is 5.57 Å². The fourth-order valence-electron chi connectivity index (χ4n) is 8.72. The fourth-order valence-corrected chi connectivity index (χ4v) is 8.99. The largest absolute Gasteiger partial charge is 0.324 e. The standard InChI is InChI=1S/C27H46ClN/c1-17(2)7-6-8-18(3)21-9-10-22-25-23(12-14-27(21,22)5)26(4)13-11-20(28)15-19(26)16-24(25)29/h16-18,20-25H,6-15,29H2,1-5H3/t18-,20-,21-,22+,23+,24+,25+,26-,27+/m0/s1. The van der Waals surface area contributed by atoms with Gasteiger partial charge < -0.3 is 5.73 Å². The molecule has 0 radical (unpaired) electrons. The van der Waals surface area contributed by atoms with Crippen molar-refractivity contribution in [2.45, 2.75) is 110 Å². The van der Waals surface area contributed by atoms with E-state index in [4.69, 9.17) is 17.3 Å². The van der Waals surface area contributed by atoms with Gasteiger partial charge in [-0.25, -0.2) is 0 Å². The Hall–Kier alpha value is -0.0100. The number of fused-ring (bicyclic) bond motifs is 5. The summed E-state index contributed by atoms with van der Waals surface area (Å²) in [6, 6.07) is 0.254. The molecule has 166 valence electrons. The highest BCUT2D eigenvalue weighted by Gasteiger charge is 2.60. The number of hydrogen-bond acceptors (Lipinski definition) is 1. The van der Waals surface area contributed by atoms with Crippen molar-refractivity contribution in [3.8, 4) is 0 Å². The first-order chi connectivity index (χ1) is 13.7. The number of halogens is 1. The molecule has 0 aliphatic heterocycles. The van der Waals surface area contributed by atoms with Crippen LogP contribution < -0.4 is 5.73 Å². The number of allylic oxidation sites excluding steroid dienone is 1. The van der Waals surface area contributed by atoms with Crippen molar-refractivity contribution in [2.24, 2.45) is 52.1 Å². The summed E-state index contributed by atoms with van der Waals surface area (Å²) in [6.07, 6.45) is 15.9. The molecule has 0 spiro atoms. The van der Waals surface area contributed by atoms with Gasteiger partial charge in [0.15, 0.2) is 0 Å². The lowest BCUT2D eigenvalue weighted by molar-refractivity contribution is -0.0561. The molecule has 0 heterocycles. The van der Waals surface area contributed by atoms with E-state index in [1.165, 1.54) is 57.8 Å². The molecule has 0 aromatic rings. The molecule has 3 fully saturated rings. The van der Waals surface area contributed by atoms with E-state index in [1.807, 2.05) is 0 Å². The molecule has 4 aliphatic rings. The van der Waals surface area contributed by atoms with Crippen molar-refractivity contribution in [2.75, 3.05) is 0 Å². The third kappa shape index (κ3) is 3.75. The van der Waals surface area contributed by atoms with E-state index >= 15 is 0 Å². The SMILES string of the molecule is CC(C)CCC[C@H](C)[C@@H]1CC[C@@H]2[C@H]3[C@H](N)C=C4C[C@@H](Cl)CC[C@]4(C)[C@@H]3CC[C@@]21C. The summed E-state index contributed by atoms with van der Waals surface area (Å²) in [5, 5.41) is 0.328. The Balaban J connectivity index is 1.54. The number of alkyl halides is 1. The second-order valence-corrected chi connectivity index (χ2v) is 13.0. The summed E-state index contributed by atoms with van der Waals surface area (Å²) < 4.78 is 0. The van der Waals surface area contributed by atoms with Gasteiger partial charge in [0.1, 0.15) is 0 Å². The van der Waals surface area contributed by atoms with Gasteiger partial charge in [0.25, 0.3) is 0 Å². The predicted molar refractivity (Wildman–Crippen MR) is 126 cm³/mol. The van der Waals surface area contributed by atoms with Gasteiger partial charge in [-0.05, 0) is 91.3 Å². The highest BCUT2D eigenvalue weighted by Crippen LogP contribution is 2.67. The van der Waals surface area contributed by atoms with Crippen LogP contribution in [-0.2, 0) is 0 Å². The number of nitrogens with two attached hydrogens (primary N) is 1. The van der Waals surface area contributed by atoms with Crippen LogP contribution in [0.5, 0.6) is 0 Å². The Kier molecular flexibility index (Phi) is 6.24. The Labute approximate surface area is 185 Å². The first-order valence-corrected chi connectivity index (χ1v) is 13.2. The van der Waals surface area contributed by atoms with Gasteiger partial charge in [0, 0.05) is 11.4 Å². The lowest BCUT2D eigenvalue weighted by Crippen LogP contribution is -2.56. The number of rotatable bonds is 5. The molecule has 0 unspecified atom stereocenters. The van der Waals surface area contributed by atoms with Crippen molar-refractivity contribution < 1.29 is 0 Å². The molecular weight excluding hydrogens is 374 g/mol. The monoisotopic (exact) mass is 419 g/mol. The molecule has 4 rings (SSSR count). The normalized spacial score (nSPS) is 47.9. The molecule has 1 nitrogen and oxygen atoms in total. The Morgan fingerprint density at radius 1 is 1.03 bits per heavy atom. The van der Waals surface area contributed by atoms with Gasteiger partial charge in [-0.2, -0.15) is 0 Å². The molecule has 4 aliphatic carbocycles. The summed E-state index contributed by atoms with van der Waals surface area (Å²) in [4.78, 5) is 0. The Morgan fingerprint density at radius 3 is 2.52 bits per heavy atom. The van der Waals surface area contributed by atoms with Crippen LogP contribution in [0, 0.1) is 46.3 Å². The summed E-state index contributed by atoms with van der Waals surface area (Å²) in [6.45, 7) is 12.5. The van der Waals surface area contributed by atoms with Crippen LogP contribution in [0.2, 0.25) is 0 Å². The first kappa shape index (κ1) is 22.2. The molecule has 0 aromatic carbocycles. The minimum Gasteiger partial charge on any atom is -0.324 e. The molecule has 2 N–H and O–H groups in total. The van der Waals surface area contributed by atoms with Crippen LogP contribution in [0.1, 0.15) is 98.8 Å². The number of hydrogen-bond donors (Lipinski definition) is 1. The van der Waals surface area contributed by atoms with Crippen molar-refractivity contribution >= 4 is 11.6 Å². The molecule has 0 saturated heterocycles. The highest BCUT2D eigenvalue weighted by molar-refractivity contribution is 6.20. The van der Waals surface area contributed by atoms with Crippen molar-refractivity contribution in [1.29, 1.82) is 0 Å². The van der Waals surface area contributed by atoms with E-state index in [-0.39, 0.29) is 6.04 Å². The van der Waals surface area contributed by atoms with Gasteiger partial charge in [-0.3, -0.25) is 0 Å². The quantitative estimate of drug-likeness (QED) is 0.360. The molecule has 0 amide bonds. The summed E-state index contributed by atoms with van der Waals surface area (Å²) in [7, 11) is 0. The van der Waals surface area contributed by atoms with Crippen LogP contribution in [0.15, 0.2) is 11.6 Å². The van der Waals surface area contributed by atoms with Gasteiger partial charge in [0.2, 0.25) is 0 Å². The maximum Gasteiger partial charge on any atom is 0.0373 e. The maximum atomic E-state index is 6.93. The van der Waals surface area contributed by atoms with Crippen LogP contribution in [0.25, 0.3) is 0 Å². The van der Waals surface area contributed by atoms with Gasteiger partial charge in [0.05, 0.1) is 0 Å². The lowest BCUT2D eigenvalue weighted by Gasteiger charge is -2.60. The fraction of sp³-hybridized carbons (Fsp3) is 0.926. The van der Waals surface area contributed by atoms with Crippen molar-refractivity contribution in [3.63, 3.8) is 0 Å². The summed E-state index contributed by atoms with van der Waals surface area (Å²) in [5.74, 6) is 4.93. The van der Waals surface area contributed by atoms with Gasteiger partial charge in [-0.1, -0.05) is 65.5 Å². The third-order valence-electron chi connectivity index (χ3n) is 10.3. The molecule has 0 aromatic heterocycles. The van der Waals surface area contributed by atoms with E-state index < -0.39 is 0 Å². The Bertz CT molecular complexity index is 626. The molecule has 29 heavy (non-hydrogen) atoms. The van der Waals surface area contributed by atoms with Gasteiger partial charge >= 0.3 is 0 Å². The average molecular weight is 420 g/mol. The van der Waals surface area contributed by atoms with Gasteiger partial charge in [-0.15, -0.1) is 11.6 Å². The molecule has 3 saturated carbocycles. The minimum absolute atomic E-state index is 0.254. The first-order valence-electron chi connectivity index (χ1n) is 12.8. The zero-order valence-corrected chi connectivity index (χ0v) is 20.5. The smallest absolute Gasteiger partial charge is 0.0373 e. The van der Waals surface area contributed by atoms with Crippen LogP contribution in [-0.4, -0.2) is 11.4 Å². The van der Waals surface area contributed by atoms with Crippen molar-refractivity contribution in [1.82, 2.24) is 0 Å². The Morgan fingerprint density at radius 2 is 1.79 bits per heavy atom. The predicted octanol–water partition coefficient (Wildman–Crippen LogP) is 7.57. The van der Waals surface area contributed by atoms with E-state index in [0.717, 1.165) is 36.0 Å². The summed E-state index contributed by atoms with van der Waals surface area (Å²) >= 11 is 6.57. The van der Waals surface area contributed by atoms with Crippen LogP contribution >= 0.6 is 11.6 Å². The third-order valence-corrected chi connectivity index (χ3v) is 10.7. The van der Waals surface area contributed by atoms with E-state index in [2.05, 4.69) is 40.7 Å². The second kappa shape index (κ2) is 8.16. The summed E-state index contributed by atoms with van der Waals surface area (Å²) in [5.41, 5.74) is 9.42. The van der Waals surface area contributed by atoms with Crippen molar-refractivity contribution in [3.05, 3.63) is 11.6 Å². The highest BCUT2D eigenvalue weighted by atomic mass is 35.5. The average Bonchev–Trinajstić information content (AvgIpc) is 3.00. The van der Waals surface area contributed by atoms with E-state index in [9.17, 15) is 0 Å². The lowest BCUT2D eigenvalue weighted by atomic mass is 9.46. The molecular formula is C27H46ClN. The van der Waals surface area contributed by atoms with Crippen LogP contribution in [0.3, 0.4) is 0 Å². The minimum atomic E-state index is 0.254. The maximum absolute atomic E-state index is 6.93. The van der Waals surface area contributed by atoms with E-state index in [0.29, 0.717) is 22.1 Å². The molecule has 2 heteroatoms. The second-order valence-electron chi connectivity index (χ2n) is 12.3. The molecule has 0 bridgehead atoms. The zero-order valence-electron chi connectivity index (χ0n) is 19.7. The zero-order chi connectivity index (χ0) is 21.0.